The van der Waals surface area contributed by atoms with Crippen molar-refractivity contribution in [1.82, 2.24) is 9.97 Å². The van der Waals surface area contributed by atoms with Crippen LogP contribution in [0.4, 0.5) is 17.3 Å². The lowest BCUT2D eigenvalue weighted by molar-refractivity contribution is 1.14. The number of hydrogen-bond acceptors (Lipinski definition) is 4. The molecule has 0 saturated carbocycles. The van der Waals surface area contributed by atoms with Crippen LogP contribution in [0.15, 0.2) is 29.0 Å². The molecule has 0 amide bonds. The van der Waals surface area contributed by atoms with Crippen molar-refractivity contribution in [2.24, 2.45) is 0 Å². The van der Waals surface area contributed by atoms with Gasteiger partial charge in [-0.3, -0.25) is 0 Å². The first-order valence-corrected chi connectivity index (χ1v) is 6.04. The van der Waals surface area contributed by atoms with Gasteiger partial charge in [0, 0.05) is 15.7 Å². The fourth-order valence-corrected chi connectivity index (χ4v) is 1.80. The van der Waals surface area contributed by atoms with E-state index >= 15 is 0 Å². The highest BCUT2D eigenvalue weighted by Crippen LogP contribution is 2.28. The van der Waals surface area contributed by atoms with Gasteiger partial charge in [-0.1, -0.05) is 11.6 Å². The van der Waals surface area contributed by atoms with Crippen LogP contribution in [0.2, 0.25) is 5.02 Å². The molecule has 4 nitrogen and oxygen atoms in total. The van der Waals surface area contributed by atoms with Crippen LogP contribution in [0.3, 0.4) is 0 Å². The van der Waals surface area contributed by atoms with Gasteiger partial charge in [0.1, 0.15) is 18.0 Å². The zero-order valence-electron chi connectivity index (χ0n) is 9.04. The Labute approximate surface area is 112 Å². The summed E-state index contributed by atoms with van der Waals surface area (Å²) in [5.41, 5.74) is 7.40. The number of nitrogens with two attached hydrogens (primary N) is 1. The number of hydrogen-bond donors (Lipinski definition) is 2. The van der Waals surface area contributed by atoms with E-state index in [1.165, 1.54) is 6.33 Å². The molecule has 88 valence electrons. The minimum atomic E-state index is 0.468. The van der Waals surface area contributed by atoms with Gasteiger partial charge in [-0.05, 0) is 41.1 Å². The maximum absolute atomic E-state index is 5.92. The molecule has 0 bridgehead atoms. The molecule has 0 aliphatic rings. The number of nitrogens with zero attached hydrogens (tertiary/aromatic N) is 2. The molecule has 2 aromatic rings. The number of rotatable bonds is 2. The number of anilines is 3. The lowest BCUT2D eigenvalue weighted by atomic mass is 10.3. The predicted octanol–water partition coefficient (Wildman–Crippen LogP) is 3.53. The van der Waals surface area contributed by atoms with Crippen molar-refractivity contribution < 1.29 is 0 Å². The van der Waals surface area contributed by atoms with Crippen LogP contribution in [-0.4, -0.2) is 9.97 Å². The monoisotopic (exact) mass is 312 g/mol. The summed E-state index contributed by atoms with van der Waals surface area (Å²) in [5, 5.41) is 3.82. The van der Waals surface area contributed by atoms with Crippen molar-refractivity contribution in [1.29, 1.82) is 0 Å². The fourth-order valence-electron chi connectivity index (χ4n) is 1.30. The van der Waals surface area contributed by atoms with Crippen molar-refractivity contribution in [2.45, 2.75) is 6.92 Å². The van der Waals surface area contributed by atoms with E-state index in [0.29, 0.717) is 16.7 Å². The van der Waals surface area contributed by atoms with E-state index in [-0.39, 0.29) is 0 Å². The summed E-state index contributed by atoms with van der Waals surface area (Å²) >= 11 is 9.28. The van der Waals surface area contributed by atoms with Gasteiger partial charge in [0.15, 0.2) is 0 Å². The van der Waals surface area contributed by atoms with Crippen LogP contribution in [0.25, 0.3) is 0 Å². The third kappa shape index (κ3) is 2.68. The Balaban J connectivity index is 2.31. The molecule has 1 aromatic carbocycles. The molecule has 0 atom stereocenters. The van der Waals surface area contributed by atoms with Crippen LogP contribution < -0.4 is 11.1 Å². The number of benzene rings is 1. The molecule has 0 spiro atoms. The third-order valence-corrected chi connectivity index (χ3v) is 3.52. The number of aromatic nitrogens is 2. The summed E-state index contributed by atoms with van der Waals surface area (Å²) in [5.74, 6) is 1.15. The first-order chi connectivity index (χ1) is 8.08. The van der Waals surface area contributed by atoms with Gasteiger partial charge in [-0.2, -0.15) is 0 Å². The number of halogens is 2. The van der Waals surface area contributed by atoms with Crippen LogP contribution in [0.1, 0.15) is 5.56 Å². The van der Waals surface area contributed by atoms with Gasteiger partial charge in [0.25, 0.3) is 0 Å². The van der Waals surface area contributed by atoms with E-state index in [9.17, 15) is 0 Å². The van der Waals surface area contributed by atoms with Gasteiger partial charge in [0.05, 0.1) is 5.02 Å². The van der Waals surface area contributed by atoms with E-state index in [1.807, 2.05) is 19.1 Å². The molecule has 0 aliphatic carbocycles. The first-order valence-electron chi connectivity index (χ1n) is 4.87. The molecule has 0 fully saturated rings. The van der Waals surface area contributed by atoms with Gasteiger partial charge in [0.2, 0.25) is 0 Å². The maximum atomic E-state index is 5.92. The highest BCUT2D eigenvalue weighted by molar-refractivity contribution is 9.10. The molecule has 17 heavy (non-hydrogen) atoms. The smallest absolute Gasteiger partial charge is 0.138 e. The quantitative estimate of drug-likeness (QED) is 0.890. The molecule has 2 rings (SSSR count). The van der Waals surface area contributed by atoms with Crippen molar-refractivity contribution >= 4 is 44.9 Å². The molecule has 6 heteroatoms. The summed E-state index contributed by atoms with van der Waals surface area (Å²) in [6.07, 6.45) is 1.43. The lowest BCUT2D eigenvalue weighted by Crippen LogP contribution is -2.01. The van der Waals surface area contributed by atoms with Gasteiger partial charge in [-0.15, -0.1) is 0 Å². The Bertz CT molecular complexity index is 559. The molecule has 0 radical (unpaired) electrons. The number of nitrogens with one attached hydrogen (secondary N) is 1. The topological polar surface area (TPSA) is 63.8 Å². The van der Waals surface area contributed by atoms with E-state index in [2.05, 4.69) is 31.2 Å². The van der Waals surface area contributed by atoms with Crippen molar-refractivity contribution in [2.75, 3.05) is 11.1 Å². The van der Waals surface area contributed by atoms with E-state index < -0.39 is 0 Å². The highest BCUT2D eigenvalue weighted by atomic mass is 79.9. The van der Waals surface area contributed by atoms with E-state index in [4.69, 9.17) is 17.3 Å². The second kappa shape index (κ2) is 4.89. The molecule has 0 unspecified atom stereocenters. The first kappa shape index (κ1) is 12.1. The lowest BCUT2D eigenvalue weighted by Gasteiger charge is -2.09. The van der Waals surface area contributed by atoms with E-state index in [1.54, 1.807) is 6.07 Å². The molecule has 1 aromatic heterocycles. The summed E-state index contributed by atoms with van der Waals surface area (Å²) in [7, 11) is 0. The van der Waals surface area contributed by atoms with Crippen LogP contribution in [-0.2, 0) is 0 Å². The average molecular weight is 314 g/mol. The molecule has 0 saturated heterocycles. The van der Waals surface area contributed by atoms with Crippen molar-refractivity contribution in [3.8, 4) is 0 Å². The summed E-state index contributed by atoms with van der Waals surface area (Å²) in [6.45, 7) is 1.86. The normalized spacial score (nSPS) is 10.3. The Morgan fingerprint density at radius 3 is 2.82 bits per heavy atom. The summed E-state index contributed by atoms with van der Waals surface area (Å²) in [4.78, 5) is 8.04. The Morgan fingerprint density at radius 2 is 2.12 bits per heavy atom. The molecular weight excluding hydrogens is 304 g/mol. The fraction of sp³-hybridized carbons (Fsp3) is 0.0909. The van der Waals surface area contributed by atoms with Gasteiger partial charge >= 0.3 is 0 Å². The summed E-state index contributed by atoms with van der Waals surface area (Å²) < 4.78 is 0.823. The van der Waals surface area contributed by atoms with Crippen LogP contribution in [0, 0.1) is 6.92 Å². The average Bonchev–Trinajstić information content (AvgIpc) is 2.30. The van der Waals surface area contributed by atoms with Crippen molar-refractivity contribution in [3.63, 3.8) is 0 Å². The minimum absolute atomic E-state index is 0.468. The Morgan fingerprint density at radius 1 is 1.35 bits per heavy atom. The van der Waals surface area contributed by atoms with Gasteiger partial charge < -0.3 is 11.1 Å². The van der Waals surface area contributed by atoms with Crippen LogP contribution >= 0.6 is 27.5 Å². The third-order valence-electron chi connectivity index (χ3n) is 2.31. The molecule has 3 N–H and O–H groups in total. The zero-order chi connectivity index (χ0) is 12.4. The Hall–Kier alpha value is -1.33. The SMILES string of the molecule is Cc1c(N)ncnc1Nc1ccc(Cl)c(Br)c1. The molecule has 0 aliphatic heterocycles. The Kier molecular flexibility index (Phi) is 3.49. The van der Waals surface area contributed by atoms with Crippen LogP contribution in [0.5, 0.6) is 0 Å². The summed E-state index contributed by atoms with van der Waals surface area (Å²) in [6, 6.07) is 5.54. The van der Waals surface area contributed by atoms with Crippen molar-refractivity contribution in [3.05, 3.63) is 39.6 Å². The standard InChI is InChI=1S/C11H10BrClN4/c1-6-10(14)15-5-16-11(6)17-7-2-3-9(13)8(12)4-7/h2-5H,1H3,(H3,14,15,16,17). The molecular formula is C11H10BrClN4. The second-order valence-corrected chi connectivity index (χ2v) is 4.75. The van der Waals surface area contributed by atoms with Gasteiger partial charge in [-0.25, -0.2) is 9.97 Å². The minimum Gasteiger partial charge on any atom is -0.383 e. The molecule has 1 heterocycles. The largest absolute Gasteiger partial charge is 0.383 e. The zero-order valence-corrected chi connectivity index (χ0v) is 11.4. The highest BCUT2D eigenvalue weighted by Gasteiger charge is 2.05. The predicted molar refractivity (Wildman–Crippen MR) is 73.6 cm³/mol. The number of nitrogen functional groups attached to an aromatic ring is 1. The maximum Gasteiger partial charge on any atom is 0.138 e. The van der Waals surface area contributed by atoms with E-state index in [0.717, 1.165) is 15.7 Å². The second-order valence-electron chi connectivity index (χ2n) is 3.49.